The van der Waals surface area contributed by atoms with Crippen molar-refractivity contribution in [3.8, 4) is 0 Å². The normalized spacial score (nSPS) is 14.5. The van der Waals surface area contributed by atoms with Gasteiger partial charge in [-0.3, -0.25) is 9.59 Å². The summed E-state index contributed by atoms with van der Waals surface area (Å²) < 4.78 is 25.9. The van der Waals surface area contributed by atoms with Crippen molar-refractivity contribution in [2.75, 3.05) is 20.6 Å². The Morgan fingerprint density at radius 3 is 2.15 bits per heavy atom. The lowest BCUT2D eigenvalue weighted by atomic mass is 9.64. The molecule has 0 saturated heterocycles. The SMILES string of the molecule is CN(C)S(=O)(=O)c1ccc(Cl)c(C(=O)NCc2ccc(C(=O)NCC3(c4ccc(Cl)cc4Cl)CCC3)cc2)c1. The molecule has 2 N–H and O–H groups in total. The molecule has 0 unspecified atom stereocenters. The van der Waals surface area contributed by atoms with Gasteiger partial charge in [0.25, 0.3) is 11.8 Å². The fourth-order valence-electron chi connectivity index (χ4n) is 4.52. The van der Waals surface area contributed by atoms with E-state index in [1.807, 2.05) is 12.1 Å². The van der Waals surface area contributed by atoms with E-state index >= 15 is 0 Å². The van der Waals surface area contributed by atoms with Crippen LogP contribution in [-0.4, -0.2) is 45.2 Å². The molecule has 3 aromatic carbocycles. The van der Waals surface area contributed by atoms with Crippen LogP contribution in [0.25, 0.3) is 0 Å². The van der Waals surface area contributed by atoms with E-state index in [1.54, 1.807) is 30.3 Å². The minimum Gasteiger partial charge on any atom is -0.351 e. The number of sulfonamides is 1. The summed E-state index contributed by atoms with van der Waals surface area (Å²) in [5.41, 5.74) is 2.10. The molecule has 39 heavy (non-hydrogen) atoms. The third-order valence-electron chi connectivity index (χ3n) is 7.03. The molecule has 206 valence electrons. The zero-order valence-electron chi connectivity index (χ0n) is 21.4. The molecule has 0 aliphatic heterocycles. The zero-order chi connectivity index (χ0) is 28.4. The summed E-state index contributed by atoms with van der Waals surface area (Å²) in [5.74, 6) is -0.711. The second-order valence-corrected chi connectivity index (χ2v) is 13.2. The molecule has 0 radical (unpaired) electrons. The number of nitrogens with zero attached hydrogens (tertiary/aromatic N) is 1. The van der Waals surface area contributed by atoms with Gasteiger partial charge in [-0.2, -0.15) is 0 Å². The molecular weight excluding hydrogens is 581 g/mol. The van der Waals surface area contributed by atoms with Crippen molar-refractivity contribution >= 4 is 56.6 Å². The predicted octanol–water partition coefficient (Wildman–Crippen LogP) is 5.68. The smallest absolute Gasteiger partial charge is 0.253 e. The fraction of sp³-hybridized carbons (Fsp3) is 0.286. The standard InChI is InChI=1S/C28H28Cl3N3O4S/c1-34(2)39(37,38)21-9-11-24(30)22(15-21)27(36)32-16-18-4-6-19(7-5-18)26(35)33-17-28(12-3-13-28)23-10-8-20(29)14-25(23)31/h4-11,14-15H,3,12-13,16-17H2,1-2H3,(H,32,36)(H,33,35). The predicted molar refractivity (Wildman–Crippen MR) is 154 cm³/mol. The number of carbonyl (C=O) groups is 2. The number of halogens is 3. The second kappa shape index (κ2) is 11.9. The second-order valence-electron chi connectivity index (χ2n) is 9.75. The minimum atomic E-state index is -3.72. The van der Waals surface area contributed by atoms with Crippen LogP contribution in [0, 0.1) is 0 Å². The van der Waals surface area contributed by atoms with Crippen molar-refractivity contribution < 1.29 is 18.0 Å². The first-order valence-electron chi connectivity index (χ1n) is 12.3. The van der Waals surface area contributed by atoms with Crippen LogP contribution in [0.4, 0.5) is 0 Å². The molecule has 1 aliphatic carbocycles. The Balaban J connectivity index is 1.37. The monoisotopic (exact) mass is 607 g/mol. The number of amides is 2. The molecule has 1 saturated carbocycles. The Hall–Kier alpha value is -2.62. The van der Waals surface area contributed by atoms with Gasteiger partial charge in [0.05, 0.1) is 15.5 Å². The van der Waals surface area contributed by atoms with Gasteiger partial charge in [-0.1, -0.05) is 59.4 Å². The van der Waals surface area contributed by atoms with Gasteiger partial charge < -0.3 is 10.6 Å². The third kappa shape index (κ3) is 6.42. The highest BCUT2D eigenvalue weighted by Gasteiger charge is 2.40. The third-order valence-corrected chi connectivity index (χ3v) is 9.72. The van der Waals surface area contributed by atoms with Crippen LogP contribution in [0.5, 0.6) is 0 Å². The quantitative estimate of drug-likeness (QED) is 0.327. The maximum Gasteiger partial charge on any atom is 0.253 e. The van der Waals surface area contributed by atoms with E-state index in [2.05, 4.69) is 10.6 Å². The van der Waals surface area contributed by atoms with Crippen LogP contribution < -0.4 is 10.6 Å². The molecule has 0 spiro atoms. The van der Waals surface area contributed by atoms with Crippen molar-refractivity contribution in [2.24, 2.45) is 0 Å². The number of benzene rings is 3. The summed E-state index contributed by atoms with van der Waals surface area (Å²) in [6.45, 7) is 0.633. The lowest BCUT2D eigenvalue weighted by Gasteiger charge is -2.43. The molecular formula is C28H28Cl3N3O4S. The highest BCUT2D eigenvalue weighted by molar-refractivity contribution is 7.89. The Kier molecular flexibility index (Phi) is 8.93. The number of carbonyl (C=O) groups excluding carboxylic acids is 2. The average molecular weight is 609 g/mol. The zero-order valence-corrected chi connectivity index (χ0v) is 24.5. The van der Waals surface area contributed by atoms with E-state index in [0.717, 1.165) is 34.7 Å². The van der Waals surface area contributed by atoms with E-state index in [4.69, 9.17) is 34.8 Å². The highest BCUT2D eigenvalue weighted by atomic mass is 35.5. The van der Waals surface area contributed by atoms with Crippen molar-refractivity contribution in [3.63, 3.8) is 0 Å². The topological polar surface area (TPSA) is 95.6 Å². The van der Waals surface area contributed by atoms with Crippen LogP contribution in [0.2, 0.25) is 15.1 Å². The summed E-state index contributed by atoms with van der Waals surface area (Å²) in [6.07, 6.45) is 2.93. The molecule has 0 atom stereocenters. The van der Waals surface area contributed by atoms with Gasteiger partial charge in [-0.25, -0.2) is 12.7 Å². The van der Waals surface area contributed by atoms with E-state index < -0.39 is 15.9 Å². The summed E-state index contributed by atoms with van der Waals surface area (Å²) >= 11 is 18.7. The Bertz CT molecular complexity index is 1500. The Morgan fingerprint density at radius 2 is 1.56 bits per heavy atom. The van der Waals surface area contributed by atoms with Crippen molar-refractivity contribution in [2.45, 2.75) is 36.1 Å². The largest absolute Gasteiger partial charge is 0.351 e. The maximum atomic E-state index is 12.9. The van der Waals surface area contributed by atoms with Crippen LogP contribution in [0.1, 0.15) is 51.1 Å². The number of rotatable bonds is 9. The molecule has 3 aromatic rings. The summed E-state index contributed by atoms with van der Waals surface area (Å²) in [4.78, 5) is 25.6. The first kappa shape index (κ1) is 29.4. The lowest BCUT2D eigenvalue weighted by Crippen LogP contribution is -2.45. The van der Waals surface area contributed by atoms with Gasteiger partial charge in [-0.05, 0) is 66.4 Å². The Labute approximate surface area is 243 Å². The molecule has 1 aliphatic rings. The van der Waals surface area contributed by atoms with Crippen LogP contribution in [0.15, 0.2) is 65.6 Å². The molecule has 11 heteroatoms. The van der Waals surface area contributed by atoms with Gasteiger partial charge in [0.1, 0.15) is 0 Å². The fourth-order valence-corrected chi connectivity index (χ4v) is 6.26. The summed E-state index contributed by atoms with van der Waals surface area (Å²) in [7, 11) is -0.895. The van der Waals surface area contributed by atoms with Gasteiger partial charge in [0, 0.05) is 48.2 Å². The minimum absolute atomic E-state index is 0.0283. The first-order valence-corrected chi connectivity index (χ1v) is 14.8. The van der Waals surface area contributed by atoms with E-state index in [-0.39, 0.29) is 33.3 Å². The molecule has 7 nitrogen and oxygen atoms in total. The summed E-state index contributed by atoms with van der Waals surface area (Å²) in [6, 6.07) is 16.4. The number of hydrogen-bond donors (Lipinski definition) is 2. The van der Waals surface area contributed by atoms with Crippen LogP contribution in [0.3, 0.4) is 0 Å². The summed E-state index contributed by atoms with van der Waals surface area (Å²) in [5, 5.41) is 7.11. The van der Waals surface area contributed by atoms with Crippen molar-refractivity contribution in [3.05, 3.63) is 98.0 Å². The van der Waals surface area contributed by atoms with E-state index in [0.29, 0.717) is 22.2 Å². The van der Waals surface area contributed by atoms with E-state index in [1.165, 1.54) is 32.3 Å². The van der Waals surface area contributed by atoms with Gasteiger partial charge in [0.2, 0.25) is 10.0 Å². The van der Waals surface area contributed by atoms with E-state index in [9.17, 15) is 18.0 Å². The number of hydrogen-bond acceptors (Lipinski definition) is 4. The van der Waals surface area contributed by atoms with Gasteiger partial charge in [0.15, 0.2) is 0 Å². The van der Waals surface area contributed by atoms with Gasteiger partial charge >= 0.3 is 0 Å². The molecule has 0 bridgehead atoms. The van der Waals surface area contributed by atoms with Gasteiger partial charge in [-0.15, -0.1) is 0 Å². The Morgan fingerprint density at radius 1 is 0.872 bits per heavy atom. The molecule has 2 amide bonds. The molecule has 4 rings (SSSR count). The first-order chi connectivity index (χ1) is 18.4. The van der Waals surface area contributed by atoms with Crippen LogP contribution in [-0.2, 0) is 22.0 Å². The highest BCUT2D eigenvalue weighted by Crippen LogP contribution is 2.46. The van der Waals surface area contributed by atoms with Crippen LogP contribution >= 0.6 is 34.8 Å². The number of nitrogens with one attached hydrogen (secondary N) is 2. The molecule has 1 fully saturated rings. The average Bonchev–Trinajstić information content (AvgIpc) is 2.87. The lowest BCUT2D eigenvalue weighted by molar-refractivity contribution is 0.0924. The molecule has 0 aromatic heterocycles. The van der Waals surface area contributed by atoms with Crippen molar-refractivity contribution in [1.29, 1.82) is 0 Å². The van der Waals surface area contributed by atoms with Crippen molar-refractivity contribution in [1.82, 2.24) is 14.9 Å². The maximum absolute atomic E-state index is 12.9. The molecule has 0 heterocycles.